The van der Waals surface area contributed by atoms with Crippen molar-refractivity contribution >= 4 is 34.8 Å². The van der Waals surface area contributed by atoms with E-state index in [0.717, 1.165) is 10.5 Å². The van der Waals surface area contributed by atoms with Crippen LogP contribution in [0.3, 0.4) is 0 Å². The minimum atomic E-state index is -0.504. The molecule has 7 nitrogen and oxygen atoms in total. The molecule has 0 unspecified atom stereocenters. The molecule has 0 aromatic heterocycles. The van der Waals surface area contributed by atoms with E-state index in [1.807, 2.05) is 30.3 Å². The van der Waals surface area contributed by atoms with Gasteiger partial charge in [0.25, 0.3) is 17.5 Å². The molecule has 2 amide bonds. The maximum absolute atomic E-state index is 12.9. The molecule has 0 atom stereocenters. The van der Waals surface area contributed by atoms with Crippen LogP contribution in [0.15, 0.2) is 59.5 Å². The molecule has 1 aliphatic heterocycles. The lowest BCUT2D eigenvalue weighted by molar-refractivity contribution is -0.384. The van der Waals surface area contributed by atoms with Crippen LogP contribution in [0.1, 0.15) is 11.1 Å². The zero-order valence-electron chi connectivity index (χ0n) is 15.2. The fraction of sp³-hybridized carbons (Fsp3) is 0.200. The van der Waals surface area contributed by atoms with E-state index in [0.29, 0.717) is 16.2 Å². The normalized spacial score (nSPS) is 14.1. The van der Waals surface area contributed by atoms with Crippen LogP contribution in [0, 0.1) is 10.1 Å². The molecule has 144 valence electrons. The van der Waals surface area contributed by atoms with Gasteiger partial charge < -0.3 is 4.74 Å². The van der Waals surface area contributed by atoms with Crippen molar-refractivity contribution in [2.24, 2.45) is 0 Å². The number of thioether (sulfide) groups is 1. The van der Waals surface area contributed by atoms with Crippen LogP contribution >= 0.6 is 11.8 Å². The first kappa shape index (κ1) is 19.8. The van der Waals surface area contributed by atoms with Crippen LogP contribution in [0.2, 0.25) is 0 Å². The molecule has 0 N–H and O–H groups in total. The first-order valence-electron chi connectivity index (χ1n) is 8.54. The Bertz CT molecular complexity index is 925. The molecule has 0 saturated carbocycles. The minimum absolute atomic E-state index is 0.0733. The zero-order valence-corrected chi connectivity index (χ0v) is 16.0. The number of ether oxygens (including phenoxy) is 1. The summed E-state index contributed by atoms with van der Waals surface area (Å²) in [4.78, 5) is 37.7. The number of nitrogens with zero attached hydrogens (tertiary/aromatic N) is 2. The predicted octanol–water partition coefficient (Wildman–Crippen LogP) is 3.25. The Morgan fingerprint density at radius 2 is 1.71 bits per heavy atom. The van der Waals surface area contributed by atoms with Crippen LogP contribution in [0.4, 0.5) is 5.69 Å². The van der Waals surface area contributed by atoms with E-state index in [4.69, 9.17) is 4.74 Å². The molecule has 0 fully saturated rings. The third kappa shape index (κ3) is 4.13. The Morgan fingerprint density at radius 3 is 2.32 bits per heavy atom. The topological polar surface area (TPSA) is 89.8 Å². The number of benzene rings is 2. The maximum atomic E-state index is 12.9. The van der Waals surface area contributed by atoms with Gasteiger partial charge in [0.05, 0.1) is 28.6 Å². The SMILES string of the molecule is COCCN1C(=O)C(SCc2ccccc2)=C(c2ccc([N+](=O)[O-])cc2)C1=O. The smallest absolute Gasteiger partial charge is 0.269 e. The highest BCUT2D eigenvalue weighted by molar-refractivity contribution is 8.03. The van der Waals surface area contributed by atoms with Crippen molar-refractivity contribution in [1.29, 1.82) is 0 Å². The van der Waals surface area contributed by atoms with E-state index in [9.17, 15) is 19.7 Å². The molecule has 0 aliphatic carbocycles. The molecule has 28 heavy (non-hydrogen) atoms. The largest absolute Gasteiger partial charge is 0.383 e. The highest BCUT2D eigenvalue weighted by atomic mass is 32.2. The molecule has 0 spiro atoms. The van der Waals surface area contributed by atoms with Crippen LogP contribution in [0.25, 0.3) is 5.57 Å². The van der Waals surface area contributed by atoms with Crippen molar-refractivity contribution in [2.75, 3.05) is 20.3 Å². The number of rotatable bonds is 8. The fourth-order valence-electron chi connectivity index (χ4n) is 2.81. The van der Waals surface area contributed by atoms with Gasteiger partial charge >= 0.3 is 0 Å². The number of imide groups is 1. The number of hydrogen-bond acceptors (Lipinski definition) is 6. The molecule has 0 saturated heterocycles. The molecular formula is C20H18N2O5S. The number of carbonyl (C=O) groups excluding carboxylic acids is 2. The summed E-state index contributed by atoms with van der Waals surface area (Å²) in [5, 5.41) is 10.9. The second-order valence-electron chi connectivity index (χ2n) is 6.04. The molecule has 0 bridgehead atoms. The van der Waals surface area contributed by atoms with Crippen molar-refractivity contribution in [1.82, 2.24) is 4.90 Å². The fourth-order valence-corrected chi connectivity index (χ4v) is 3.89. The van der Waals surface area contributed by atoms with Gasteiger partial charge in [-0.1, -0.05) is 30.3 Å². The third-order valence-corrected chi connectivity index (χ3v) is 5.38. The number of nitro benzene ring substituents is 1. The highest BCUT2D eigenvalue weighted by Gasteiger charge is 2.38. The first-order valence-corrected chi connectivity index (χ1v) is 9.52. The molecule has 2 aromatic rings. The number of amides is 2. The summed E-state index contributed by atoms with van der Waals surface area (Å²) in [5.41, 5.74) is 1.71. The monoisotopic (exact) mass is 398 g/mol. The van der Waals surface area contributed by atoms with Gasteiger partial charge in [-0.15, -0.1) is 11.8 Å². The van der Waals surface area contributed by atoms with Crippen molar-refractivity contribution in [3.8, 4) is 0 Å². The van der Waals surface area contributed by atoms with E-state index >= 15 is 0 Å². The van der Waals surface area contributed by atoms with Crippen molar-refractivity contribution in [3.63, 3.8) is 0 Å². The number of carbonyl (C=O) groups is 2. The van der Waals surface area contributed by atoms with Gasteiger partial charge in [0.2, 0.25) is 0 Å². The van der Waals surface area contributed by atoms with Gasteiger partial charge in [0.15, 0.2) is 0 Å². The van der Waals surface area contributed by atoms with E-state index in [1.54, 1.807) is 0 Å². The Hall–Kier alpha value is -2.97. The second-order valence-corrected chi connectivity index (χ2v) is 7.02. The number of non-ortho nitro benzene ring substituents is 1. The van der Waals surface area contributed by atoms with Gasteiger partial charge in [-0.25, -0.2) is 0 Å². The minimum Gasteiger partial charge on any atom is -0.383 e. The van der Waals surface area contributed by atoms with Gasteiger partial charge in [-0.2, -0.15) is 0 Å². The predicted molar refractivity (Wildman–Crippen MR) is 106 cm³/mol. The van der Waals surface area contributed by atoms with Crippen molar-refractivity contribution < 1.29 is 19.2 Å². The summed E-state index contributed by atoms with van der Waals surface area (Å²) in [7, 11) is 1.50. The summed E-state index contributed by atoms with van der Waals surface area (Å²) in [6, 6.07) is 15.3. The van der Waals surface area contributed by atoms with Gasteiger partial charge in [-0.05, 0) is 23.3 Å². The molecule has 0 radical (unpaired) electrons. The van der Waals surface area contributed by atoms with Crippen molar-refractivity contribution in [2.45, 2.75) is 5.75 Å². The Kier molecular flexibility index (Phi) is 6.23. The third-order valence-electron chi connectivity index (χ3n) is 4.24. The lowest BCUT2D eigenvalue weighted by atomic mass is 10.1. The Balaban J connectivity index is 1.94. The second kappa shape index (κ2) is 8.81. The number of hydrogen-bond donors (Lipinski definition) is 0. The van der Waals surface area contributed by atoms with Gasteiger partial charge in [0, 0.05) is 25.0 Å². The molecule has 1 heterocycles. The van der Waals surface area contributed by atoms with Gasteiger partial charge in [-0.3, -0.25) is 24.6 Å². The van der Waals surface area contributed by atoms with Gasteiger partial charge in [0.1, 0.15) is 0 Å². The summed E-state index contributed by atoms with van der Waals surface area (Å²) >= 11 is 1.29. The van der Waals surface area contributed by atoms with Crippen LogP contribution < -0.4 is 0 Å². The molecule has 3 rings (SSSR count). The quantitative estimate of drug-likeness (QED) is 0.385. The molecule has 1 aliphatic rings. The summed E-state index contributed by atoms with van der Waals surface area (Å²) in [6.07, 6.45) is 0. The van der Waals surface area contributed by atoms with E-state index in [2.05, 4.69) is 0 Å². The highest BCUT2D eigenvalue weighted by Crippen LogP contribution is 2.37. The van der Waals surface area contributed by atoms with Crippen LogP contribution in [-0.2, 0) is 20.1 Å². The lowest BCUT2D eigenvalue weighted by Crippen LogP contribution is -2.34. The van der Waals surface area contributed by atoms with E-state index in [1.165, 1.54) is 43.1 Å². The average Bonchev–Trinajstić information content (AvgIpc) is 2.95. The van der Waals surface area contributed by atoms with Crippen molar-refractivity contribution in [3.05, 3.63) is 80.7 Å². The van der Waals surface area contributed by atoms with E-state index < -0.39 is 10.8 Å². The van der Waals surface area contributed by atoms with E-state index in [-0.39, 0.29) is 30.3 Å². The number of methoxy groups -OCH3 is 1. The Labute approximate surface area is 166 Å². The van der Waals surface area contributed by atoms with Crippen LogP contribution in [-0.4, -0.2) is 41.9 Å². The average molecular weight is 398 g/mol. The Morgan fingerprint density at radius 1 is 1.04 bits per heavy atom. The summed E-state index contributed by atoms with van der Waals surface area (Å²) in [5.74, 6) is -0.244. The first-order chi connectivity index (χ1) is 13.5. The molecular weight excluding hydrogens is 380 g/mol. The molecule has 2 aromatic carbocycles. The maximum Gasteiger partial charge on any atom is 0.269 e. The summed E-state index contributed by atoms with van der Waals surface area (Å²) < 4.78 is 5.00. The summed E-state index contributed by atoms with van der Waals surface area (Å²) in [6.45, 7) is 0.391. The molecule has 8 heteroatoms. The zero-order chi connectivity index (χ0) is 20.1. The van der Waals surface area contributed by atoms with Crippen LogP contribution in [0.5, 0.6) is 0 Å². The number of nitro groups is 1. The lowest BCUT2D eigenvalue weighted by Gasteiger charge is -2.14. The standard InChI is InChI=1S/C20H18N2O5S/c1-27-12-11-21-19(23)17(15-7-9-16(10-8-15)22(25)26)18(20(21)24)28-13-14-5-3-2-4-6-14/h2-10H,11-13H2,1H3.